The van der Waals surface area contributed by atoms with Gasteiger partial charge >= 0.3 is 11.9 Å². The van der Waals surface area contributed by atoms with Crippen molar-refractivity contribution in [1.82, 2.24) is 0 Å². The summed E-state index contributed by atoms with van der Waals surface area (Å²) in [5, 5.41) is 21.7. The molecule has 1 saturated heterocycles. The molecule has 1 aliphatic carbocycles. The molecule has 1 aliphatic heterocycles. The summed E-state index contributed by atoms with van der Waals surface area (Å²) in [6.45, 7) is 1.42. The van der Waals surface area contributed by atoms with Crippen LogP contribution >= 0.6 is 0 Å². The number of aliphatic hydroxyl groups excluding tert-OH is 1. The molecule has 0 bridgehead atoms. The monoisotopic (exact) mass is 666 g/mol. The zero-order valence-corrected chi connectivity index (χ0v) is 26.0. The molecule has 254 valence electrons. The highest BCUT2D eigenvalue weighted by Gasteiger charge is 2.54. The average molecular weight is 667 g/mol. The second-order valence-electron chi connectivity index (χ2n) is 10.8. The van der Waals surface area contributed by atoms with E-state index in [0.717, 1.165) is 19.4 Å². The lowest BCUT2D eigenvalue weighted by atomic mass is 9.84. The van der Waals surface area contributed by atoms with E-state index in [4.69, 9.17) is 28.4 Å². The summed E-state index contributed by atoms with van der Waals surface area (Å²) < 4.78 is 45.2. The first-order valence-corrected chi connectivity index (χ1v) is 14.9. The van der Waals surface area contributed by atoms with Crippen molar-refractivity contribution in [2.75, 3.05) is 6.61 Å². The number of ether oxygens (including phenoxy) is 6. The Morgan fingerprint density at radius 2 is 1.29 bits per heavy atom. The van der Waals surface area contributed by atoms with Crippen molar-refractivity contribution in [3.8, 4) is 0 Å². The maximum absolute atomic E-state index is 12.3. The Labute approximate surface area is 276 Å². The van der Waals surface area contributed by atoms with Crippen molar-refractivity contribution in [3.63, 3.8) is 0 Å². The number of nitrogens with zero attached hydrogens (tertiary/aromatic N) is 9. The van der Waals surface area contributed by atoms with Gasteiger partial charge in [-0.1, -0.05) is 76.0 Å². The van der Waals surface area contributed by atoms with E-state index in [1.807, 2.05) is 24.3 Å². The van der Waals surface area contributed by atoms with E-state index in [1.54, 1.807) is 36.4 Å². The van der Waals surface area contributed by atoms with Crippen LogP contribution in [0.4, 0.5) is 0 Å². The number of aliphatic hydroxyl groups is 1. The van der Waals surface area contributed by atoms with Crippen LogP contribution in [0.5, 0.6) is 0 Å². The fourth-order valence-electron chi connectivity index (χ4n) is 5.58. The third kappa shape index (κ3) is 9.35. The van der Waals surface area contributed by atoms with E-state index >= 15 is 0 Å². The van der Waals surface area contributed by atoms with E-state index in [1.165, 1.54) is 0 Å². The van der Waals surface area contributed by atoms with Crippen molar-refractivity contribution in [2.24, 2.45) is 15.3 Å². The van der Waals surface area contributed by atoms with E-state index in [0.29, 0.717) is 5.56 Å². The largest absolute Gasteiger partial charge is 0.458 e. The molecule has 1 saturated carbocycles. The van der Waals surface area contributed by atoms with Gasteiger partial charge in [0, 0.05) is 30.0 Å². The van der Waals surface area contributed by atoms with E-state index < -0.39 is 79.6 Å². The quantitative estimate of drug-likeness (QED) is 0.128. The van der Waals surface area contributed by atoms with Crippen molar-refractivity contribution >= 4 is 11.9 Å². The number of hydrogen-bond acceptors (Lipinski definition) is 12. The number of hydrogen-bond donors (Lipinski definition) is 1. The Morgan fingerprint density at radius 1 is 0.792 bits per heavy atom. The first-order chi connectivity index (χ1) is 23.6. The molecular formula is C30H35N9O9. The van der Waals surface area contributed by atoms with Gasteiger partial charge in [-0.2, -0.15) is 0 Å². The Hall–Kier alpha value is -4.89. The lowest BCUT2D eigenvalue weighted by Crippen LogP contribution is -2.64. The molecule has 0 unspecified atom stereocenters. The minimum Gasteiger partial charge on any atom is -0.458 e. The van der Waals surface area contributed by atoms with Crippen molar-refractivity contribution in [1.29, 1.82) is 0 Å². The van der Waals surface area contributed by atoms with Gasteiger partial charge in [0.15, 0.2) is 12.4 Å². The molecule has 2 fully saturated rings. The van der Waals surface area contributed by atoms with Crippen LogP contribution in [0.2, 0.25) is 0 Å². The maximum Gasteiger partial charge on any atom is 0.303 e. The molecule has 0 amide bonds. The predicted molar refractivity (Wildman–Crippen MR) is 165 cm³/mol. The number of carbonyl (C=O) groups excluding carboxylic acids is 2. The van der Waals surface area contributed by atoms with Crippen LogP contribution in [-0.2, 0) is 51.2 Å². The van der Waals surface area contributed by atoms with Crippen molar-refractivity contribution in [3.05, 3.63) is 103 Å². The SMILES string of the molecule is [2H][C@]1(N=[N+]=[N-])[C@@H](O[C@H]2[C@H](OC(C)=O)[C@@H](OC(C)=O)[C@H](N=[N+]=[N-])C[C@@H]2N=[N+]=[N-])O[C@H](CO)[C@@H](OCc2ccccc2)[C@@H]1OCc1ccccc1. The van der Waals surface area contributed by atoms with E-state index in [2.05, 4.69) is 30.1 Å². The van der Waals surface area contributed by atoms with Gasteiger partial charge in [0.25, 0.3) is 0 Å². The molecule has 2 aliphatic rings. The van der Waals surface area contributed by atoms with Gasteiger partial charge in [0.1, 0.15) is 36.5 Å². The summed E-state index contributed by atoms with van der Waals surface area (Å²) in [6.07, 6.45) is -10.5. The summed E-state index contributed by atoms with van der Waals surface area (Å²) in [4.78, 5) is 32.9. The summed E-state index contributed by atoms with van der Waals surface area (Å²) in [5.74, 6) is -1.67. The smallest absolute Gasteiger partial charge is 0.303 e. The van der Waals surface area contributed by atoms with Crippen LogP contribution in [0.25, 0.3) is 31.3 Å². The van der Waals surface area contributed by atoms with Gasteiger partial charge in [-0.05, 0) is 34.1 Å². The number of azide groups is 3. The molecule has 18 heteroatoms. The molecule has 0 aromatic heterocycles. The van der Waals surface area contributed by atoms with Gasteiger partial charge < -0.3 is 33.5 Å². The van der Waals surface area contributed by atoms with E-state index in [9.17, 15) is 32.7 Å². The third-order valence-electron chi connectivity index (χ3n) is 7.57. The van der Waals surface area contributed by atoms with Gasteiger partial charge in [0.05, 0.1) is 31.9 Å². The van der Waals surface area contributed by atoms with Crippen molar-refractivity contribution in [2.45, 2.75) is 94.5 Å². The van der Waals surface area contributed by atoms with Crippen LogP contribution in [0.15, 0.2) is 76.0 Å². The average Bonchev–Trinajstić information content (AvgIpc) is 3.08. The number of carbonyl (C=O) groups is 2. The van der Waals surface area contributed by atoms with E-state index in [-0.39, 0.29) is 19.6 Å². The molecule has 1 heterocycles. The minimum absolute atomic E-state index is 0.00933. The molecule has 4 rings (SSSR count). The van der Waals surface area contributed by atoms with Crippen LogP contribution in [-0.4, -0.2) is 84.7 Å². The Kier molecular flexibility index (Phi) is 12.8. The second kappa shape index (κ2) is 17.9. The van der Waals surface area contributed by atoms with Gasteiger partial charge in [0.2, 0.25) is 0 Å². The molecule has 2 aromatic rings. The fraction of sp³-hybridized carbons (Fsp3) is 0.533. The highest BCUT2D eigenvalue weighted by atomic mass is 16.7. The molecule has 48 heavy (non-hydrogen) atoms. The Morgan fingerprint density at radius 3 is 1.79 bits per heavy atom. The normalized spacial score (nSPS) is 31.5. The fourth-order valence-corrected chi connectivity index (χ4v) is 5.58. The minimum atomic E-state index is -2.49. The lowest BCUT2D eigenvalue weighted by Gasteiger charge is -2.48. The van der Waals surface area contributed by atoms with Gasteiger partial charge in [-0.3, -0.25) is 9.59 Å². The Bertz CT molecular complexity index is 1570. The van der Waals surface area contributed by atoms with Gasteiger partial charge in [-0.15, -0.1) is 0 Å². The first-order valence-electron chi connectivity index (χ1n) is 15.4. The predicted octanol–water partition coefficient (Wildman–Crippen LogP) is 4.56. The highest BCUT2D eigenvalue weighted by Crippen LogP contribution is 2.37. The zero-order chi connectivity index (χ0) is 35.4. The van der Waals surface area contributed by atoms with Gasteiger partial charge in [-0.25, -0.2) is 0 Å². The third-order valence-corrected chi connectivity index (χ3v) is 7.57. The molecule has 0 radical (unpaired) electrons. The molecule has 2 aromatic carbocycles. The van der Waals surface area contributed by atoms with Crippen LogP contribution in [0, 0.1) is 0 Å². The molecule has 10 atom stereocenters. The number of rotatable bonds is 14. The second-order valence-corrected chi connectivity index (χ2v) is 10.8. The summed E-state index contributed by atoms with van der Waals surface area (Å²) in [7, 11) is 0. The van der Waals surface area contributed by atoms with Crippen molar-refractivity contribution < 1.29 is 44.5 Å². The molecule has 1 N–H and O–H groups in total. The standard InChI is InChI=1S/C30H35N9O9/c1-17(41)45-25-21(34-37-31)13-22(35-38-32)26(29(25)46-18(2)42)48-30-24(36-39-33)28(44-16-20-11-7-4-8-12-20)27(23(14-40)47-30)43-15-19-9-5-3-6-10-19/h3-12,21-30,40H,13-16H2,1-2H3/t21-,22+,23-,24-,25+,26-,27-,28-,29-,30-/m1/s1/i24D. The Balaban J connectivity index is 1.78. The molecule has 18 nitrogen and oxygen atoms in total. The number of benzene rings is 2. The summed E-state index contributed by atoms with van der Waals surface area (Å²) in [5.41, 5.74) is 29.8. The number of esters is 2. The van der Waals surface area contributed by atoms with Crippen LogP contribution in [0.3, 0.4) is 0 Å². The lowest BCUT2D eigenvalue weighted by molar-refractivity contribution is -0.307. The zero-order valence-electron chi connectivity index (χ0n) is 27.0. The molecule has 0 spiro atoms. The highest BCUT2D eigenvalue weighted by molar-refractivity contribution is 5.67. The van der Waals surface area contributed by atoms with Crippen LogP contribution < -0.4 is 0 Å². The van der Waals surface area contributed by atoms with Crippen LogP contribution in [0.1, 0.15) is 32.8 Å². The summed E-state index contributed by atoms with van der Waals surface area (Å²) >= 11 is 0. The summed E-state index contributed by atoms with van der Waals surface area (Å²) in [6, 6.07) is 13.1. The molecular weight excluding hydrogens is 630 g/mol. The topological polar surface area (TPSA) is 256 Å². The maximum atomic E-state index is 12.3. The first kappa shape index (κ1) is 34.4.